The molecule has 1 N–H and O–H groups in total. The van der Waals surface area contributed by atoms with Crippen molar-refractivity contribution in [2.45, 2.75) is 18.9 Å². The first kappa shape index (κ1) is 15.5. The van der Waals surface area contributed by atoms with Crippen molar-refractivity contribution in [2.75, 3.05) is 20.1 Å². The zero-order valence-electron chi connectivity index (χ0n) is 10.4. The Morgan fingerprint density at radius 3 is 2.78 bits per heavy atom. The summed E-state index contributed by atoms with van der Waals surface area (Å²) in [6.45, 7) is 1.96. The first-order chi connectivity index (χ1) is 8.20. The van der Waals surface area contributed by atoms with Crippen LogP contribution in [0, 0.1) is 0 Å². The third-order valence-electron chi connectivity index (χ3n) is 3.24. The van der Waals surface area contributed by atoms with Crippen LogP contribution in [-0.2, 0) is 0 Å². The zero-order valence-corrected chi connectivity index (χ0v) is 12.8. The van der Waals surface area contributed by atoms with E-state index in [1.54, 1.807) is 0 Å². The quantitative estimate of drug-likeness (QED) is 0.902. The van der Waals surface area contributed by atoms with E-state index in [4.69, 9.17) is 0 Å². The van der Waals surface area contributed by atoms with E-state index in [2.05, 4.69) is 21.2 Å². The molecular weight excluding hydrogens is 316 g/mol. The predicted molar refractivity (Wildman–Crippen MR) is 79.4 cm³/mol. The number of carbonyl (C=O) groups excluding carboxylic acids is 1. The Morgan fingerprint density at radius 2 is 2.17 bits per heavy atom. The summed E-state index contributed by atoms with van der Waals surface area (Å²) in [5.41, 5.74) is 0.737. The van der Waals surface area contributed by atoms with Crippen molar-refractivity contribution in [1.82, 2.24) is 10.2 Å². The number of hydrogen-bond acceptors (Lipinski definition) is 2. The molecule has 0 spiro atoms. The second kappa shape index (κ2) is 7.12. The topological polar surface area (TPSA) is 32.3 Å². The summed E-state index contributed by atoms with van der Waals surface area (Å²) in [6.07, 6.45) is 2.22. The van der Waals surface area contributed by atoms with Crippen LogP contribution >= 0.6 is 28.3 Å². The second-order valence-corrected chi connectivity index (χ2v) is 5.25. The molecule has 0 bridgehead atoms. The molecule has 1 fully saturated rings. The first-order valence-corrected chi connectivity index (χ1v) is 6.72. The van der Waals surface area contributed by atoms with Crippen molar-refractivity contribution in [3.05, 3.63) is 34.3 Å². The largest absolute Gasteiger partial charge is 0.337 e. The number of hydrogen-bond donors (Lipinski definition) is 1. The van der Waals surface area contributed by atoms with E-state index in [-0.39, 0.29) is 18.3 Å². The van der Waals surface area contributed by atoms with E-state index in [0.717, 1.165) is 36.0 Å². The van der Waals surface area contributed by atoms with Gasteiger partial charge < -0.3 is 10.2 Å². The molecule has 100 valence electrons. The van der Waals surface area contributed by atoms with Crippen molar-refractivity contribution in [1.29, 1.82) is 0 Å². The smallest absolute Gasteiger partial charge is 0.255 e. The van der Waals surface area contributed by atoms with Crippen LogP contribution in [0.2, 0.25) is 0 Å². The van der Waals surface area contributed by atoms with E-state index < -0.39 is 0 Å². The Labute approximate surface area is 122 Å². The highest BCUT2D eigenvalue weighted by molar-refractivity contribution is 9.10. The Morgan fingerprint density at radius 1 is 1.44 bits per heavy atom. The SMILES string of the molecule is CN(C(=O)c1ccccc1Br)C1CCCNC1.Cl. The summed E-state index contributed by atoms with van der Waals surface area (Å²) in [4.78, 5) is 14.2. The predicted octanol–water partition coefficient (Wildman–Crippen LogP) is 2.69. The Balaban J connectivity index is 0.00000162. The van der Waals surface area contributed by atoms with Gasteiger partial charge in [0.15, 0.2) is 0 Å². The van der Waals surface area contributed by atoms with Gasteiger partial charge >= 0.3 is 0 Å². The zero-order chi connectivity index (χ0) is 12.3. The van der Waals surface area contributed by atoms with Crippen LogP contribution < -0.4 is 5.32 Å². The second-order valence-electron chi connectivity index (χ2n) is 4.40. The van der Waals surface area contributed by atoms with E-state index in [1.165, 1.54) is 0 Å². The van der Waals surface area contributed by atoms with Gasteiger partial charge in [0.05, 0.1) is 5.56 Å². The molecule has 3 nitrogen and oxygen atoms in total. The maximum Gasteiger partial charge on any atom is 0.255 e. The lowest BCUT2D eigenvalue weighted by atomic mass is 10.1. The highest BCUT2D eigenvalue weighted by Crippen LogP contribution is 2.19. The molecule has 18 heavy (non-hydrogen) atoms. The van der Waals surface area contributed by atoms with E-state index in [1.807, 2.05) is 36.2 Å². The fraction of sp³-hybridized carbons (Fsp3) is 0.462. The van der Waals surface area contributed by atoms with E-state index in [9.17, 15) is 4.79 Å². The van der Waals surface area contributed by atoms with Crippen LogP contribution in [0.25, 0.3) is 0 Å². The highest BCUT2D eigenvalue weighted by Gasteiger charge is 2.23. The van der Waals surface area contributed by atoms with Crippen LogP contribution in [-0.4, -0.2) is 37.0 Å². The molecule has 5 heteroatoms. The number of nitrogens with zero attached hydrogens (tertiary/aromatic N) is 1. The number of halogens is 2. The molecule has 0 saturated carbocycles. The Hall–Kier alpha value is -0.580. The minimum Gasteiger partial charge on any atom is -0.337 e. The molecule has 1 aromatic rings. The molecule has 0 aromatic heterocycles. The lowest BCUT2D eigenvalue weighted by molar-refractivity contribution is 0.0707. The monoisotopic (exact) mass is 332 g/mol. The molecule has 1 aromatic carbocycles. The minimum atomic E-state index is 0. The average molecular weight is 334 g/mol. The first-order valence-electron chi connectivity index (χ1n) is 5.92. The summed E-state index contributed by atoms with van der Waals surface area (Å²) < 4.78 is 0.862. The molecule has 1 amide bonds. The molecule has 1 saturated heterocycles. The normalized spacial score (nSPS) is 18.9. The summed E-state index contributed by atoms with van der Waals surface area (Å²) in [5, 5.41) is 3.33. The fourth-order valence-corrected chi connectivity index (χ4v) is 2.61. The Bertz CT molecular complexity index is 408. The van der Waals surface area contributed by atoms with Crippen molar-refractivity contribution in [3.8, 4) is 0 Å². The summed E-state index contributed by atoms with van der Waals surface area (Å²) in [7, 11) is 1.89. The summed E-state index contributed by atoms with van der Waals surface area (Å²) in [6, 6.07) is 7.89. The summed E-state index contributed by atoms with van der Waals surface area (Å²) in [5.74, 6) is 0.0891. The maximum atomic E-state index is 12.3. The third-order valence-corrected chi connectivity index (χ3v) is 3.93. The lowest BCUT2D eigenvalue weighted by Crippen LogP contribution is -2.46. The average Bonchev–Trinajstić information content (AvgIpc) is 2.39. The van der Waals surface area contributed by atoms with Crippen LogP contribution in [0.4, 0.5) is 0 Å². The van der Waals surface area contributed by atoms with Crippen LogP contribution in [0.15, 0.2) is 28.7 Å². The van der Waals surface area contributed by atoms with Gasteiger partial charge in [0.2, 0.25) is 0 Å². The van der Waals surface area contributed by atoms with Crippen molar-refractivity contribution >= 4 is 34.2 Å². The van der Waals surface area contributed by atoms with Gasteiger partial charge in [-0.05, 0) is 47.4 Å². The number of nitrogens with one attached hydrogen (secondary N) is 1. The highest BCUT2D eigenvalue weighted by atomic mass is 79.9. The molecule has 0 aliphatic carbocycles. The molecule has 0 radical (unpaired) electrons. The molecule has 1 unspecified atom stereocenters. The molecular formula is C13H18BrClN2O. The van der Waals surface area contributed by atoms with Gasteiger partial charge in [0, 0.05) is 24.1 Å². The molecule has 2 rings (SSSR count). The van der Waals surface area contributed by atoms with Crippen LogP contribution in [0.5, 0.6) is 0 Å². The standard InChI is InChI=1S/C13H17BrN2O.ClH/c1-16(10-5-4-8-15-9-10)13(17)11-6-2-3-7-12(11)14;/h2-3,6-7,10,15H,4-5,8-9H2,1H3;1H. The molecule has 1 atom stereocenters. The fourth-order valence-electron chi connectivity index (χ4n) is 2.15. The van der Waals surface area contributed by atoms with Gasteiger partial charge in [-0.15, -0.1) is 12.4 Å². The van der Waals surface area contributed by atoms with Crippen molar-refractivity contribution in [3.63, 3.8) is 0 Å². The van der Waals surface area contributed by atoms with Gasteiger partial charge in [-0.2, -0.15) is 0 Å². The van der Waals surface area contributed by atoms with Gasteiger partial charge in [0.1, 0.15) is 0 Å². The van der Waals surface area contributed by atoms with Crippen LogP contribution in [0.3, 0.4) is 0 Å². The number of carbonyl (C=O) groups is 1. The van der Waals surface area contributed by atoms with Crippen molar-refractivity contribution in [2.24, 2.45) is 0 Å². The minimum absolute atomic E-state index is 0. The Kier molecular flexibility index (Phi) is 6.12. The number of likely N-dealkylation sites (N-methyl/N-ethyl adjacent to an activating group) is 1. The number of amides is 1. The number of benzene rings is 1. The molecule has 1 aliphatic rings. The van der Waals surface area contributed by atoms with Gasteiger partial charge in [-0.3, -0.25) is 4.79 Å². The number of rotatable bonds is 2. The van der Waals surface area contributed by atoms with E-state index >= 15 is 0 Å². The molecule has 1 heterocycles. The van der Waals surface area contributed by atoms with E-state index in [0.29, 0.717) is 6.04 Å². The van der Waals surface area contributed by atoms with Gasteiger partial charge in [-0.25, -0.2) is 0 Å². The van der Waals surface area contributed by atoms with Crippen LogP contribution in [0.1, 0.15) is 23.2 Å². The van der Waals surface area contributed by atoms with Crippen molar-refractivity contribution < 1.29 is 4.79 Å². The number of piperidine rings is 1. The lowest BCUT2D eigenvalue weighted by Gasteiger charge is -2.32. The summed E-state index contributed by atoms with van der Waals surface area (Å²) >= 11 is 3.43. The third kappa shape index (κ3) is 3.46. The van der Waals surface area contributed by atoms with Gasteiger partial charge in [0.25, 0.3) is 5.91 Å². The van der Waals surface area contributed by atoms with Gasteiger partial charge in [-0.1, -0.05) is 12.1 Å². The molecule has 1 aliphatic heterocycles. The maximum absolute atomic E-state index is 12.3.